The van der Waals surface area contributed by atoms with Gasteiger partial charge in [-0.05, 0) is 59.0 Å². The minimum Gasteiger partial charge on any atom is -0.767 e. The lowest BCUT2D eigenvalue weighted by molar-refractivity contribution is 0.276. The van der Waals surface area contributed by atoms with Crippen LogP contribution in [0, 0.1) is 0 Å². The molecule has 3 rings (SSSR count). The molecule has 0 radical (unpaired) electrons. The Morgan fingerprint density at radius 3 is 2.27 bits per heavy atom. The zero-order valence-electron chi connectivity index (χ0n) is 17.7. The Kier molecular flexibility index (Phi) is 6.14. The monoisotopic (exact) mass is 464 g/mol. The van der Waals surface area contributed by atoms with E-state index in [-0.39, 0.29) is 15.0 Å². The molecule has 2 aromatic carbocycles. The van der Waals surface area contributed by atoms with Crippen LogP contribution >= 0.6 is 0 Å². The summed E-state index contributed by atoms with van der Waals surface area (Å²) in [6.45, 7) is 11.1. The first-order valence-electron chi connectivity index (χ1n) is 9.53. The molecular formula is C21H26NO5S2Si-. The number of fused-ring (bicyclic) bond motifs is 1. The topological polar surface area (TPSA) is 88.4 Å². The van der Waals surface area contributed by atoms with Crippen molar-refractivity contribution in [2.24, 2.45) is 0 Å². The number of benzene rings is 2. The number of aromatic nitrogens is 1. The molecule has 0 bridgehead atoms. The van der Waals surface area contributed by atoms with Crippen LogP contribution in [0.15, 0.2) is 64.5 Å². The minimum absolute atomic E-state index is 0.0251. The van der Waals surface area contributed by atoms with E-state index < -0.39 is 29.4 Å². The van der Waals surface area contributed by atoms with E-state index in [1.807, 2.05) is 6.07 Å². The van der Waals surface area contributed by atoms with Gasteiger partial charge in [0.1, 0.15) is 5.03 Å². The Balaban J connectivity index is 2.12. The molecule has 0 aliphatic carbocycles. The molecule has 1 unspecified atom stereocenters. The van der Waals surface area contributed by atoms with Crippen molar-refractivity contribution in [2.75, 3.05) is 0 Å². The van der Waals surface area contributed by atoms with Crippen LogP contribution in [-0.2, 0) is 32.1 Å². The lowest BCUT2D eigenvalue weighted by Crippen LogP contribution is -2.40. The third kappa shape index (κ3) is 4.31. The summed E-state index contributed by atoms with van der Waals surface area (Å²) in [6.07, 6.45) is 0. The van der Waals surface area contributed by atoms with Crippen LogP contribution < -0.4 is 0 Å². The van der Waals surface area contributed by atoms with Gasteiger partial charge in [0.25, 0.3) is 10.0 Å². The summed E-state index contributed by atoms with van der Waals surface area (Å²) in [6, 6.07) is 14.4. The summed E-state index contributed by atoms with van der Waals surface area (Å²) in [5.74, 6) is 0. The van der Waals surface area contributed by atoms with Crippen molar-refractivity contribution < 1.29 is 21.6 Å². The van der Waals surface area contributed by atoms with Gasteiger partial charge in [-0.15, -0.1) is 0 Å². The molecule has 1 heterocycles. The van der Waals surface area contributed by atoms with Crippen molar-refractivity contribution >= 4 is 40.3 Å². The highest BCUT2D eigenvalue weighted by Gasteiger charge is 2.37. The van der Waals surface area contributed by atoms with Crippen LogP contribution in [0.1, 0.15) is 26.3 Å². The number of rotatable bonds is 6. The Labute approximate surface area is 181 Å². The number of nitrogens with zero attached hydrogens (tertiary/aromatic N) is 1. The van der Waals surface area contributed by atoms with Crippen LogP contribution in [0.2, 0.25) is 18.1 Å². The molecule has 0 aliphatic heterocycles. The highest BCUT2D eigenvalue weighted by atomic mass is 32.2. The molecule has 1 atom stereocenters. The smallest absolute Gasteiger partial charge is 0.269 e. The Morgan fingerprint density at radius 2 is 1.70 bits per heavy atom. The lowest BCUT2D eigenvalue weighted by Gasteiger charge is -2.36. The van der Waals surface area contributed by atoms with E-state index in [4.69, 9.17) is 4.43 Å². The van der Waals surface area contributed by atoms with Crippen molar-refractivity contribution in [3.8, 4) is 0 Å². The number of hydrogen-bond acceptors (Lipinski definition) is 5. The highest BCUT2D eigenvalue weighted by molar-refractivity contribution is 7.90. The van der Waals surface area contributed by atoms with Crippen molar-refractivity contribution in [3.63, 3.8) is 0 Å². The standard InChI is InChI=1S/C21H27NO5S2Si/c1-21(2,3)30(4,5)27-15-16-11-12-17-14-20(28(23)24)22(19(17)13-16)29(25,26)18-9-7-6-8-10-18/h6-14H,15H2,1-5H3,(H,23,24)/p-1. The van der Waals surface area contributed by atoms with Crippen LogP contribution in [-0.4, -0.2) is 29.5 Å². The molecule has 30 heavy (non-hydrogen) atoms. The Bertz CT molecular complexity index is 1200. The first-order valence-corrected chi connectivity index (χ1v) is 15.0. The fourth-order valence-electron chi connectivity index (χ4n) is 2.83. The van der Waals surface area contributed by atoms with Gasteiger partial charge in [-0.2, -0.15) is 0 Å². The summed E-state index contributed by atoms with van der Waals surface area (Å²) in [4.78, 5) is 0.0251. The highest BCUT2D eigenvalue weighted by Crippen LogP contribution is 2.37. The van der Waals surface area contributed by atoms with E-state index in [9.17, 15) is 17.2 Å². The van der Waals surface area contributed by atoms with E-state index >= 15 is 0 Å². The normalized spacial score (nSPS) is 14.2. The fourth-order valence-corrected chi connectivity index (χ4v) is 6.14. The van der Waals surface area contributed by atoms with Crippen LogP contribution in [0.25, 0.3) is 10.9 Å². The minimum atomic E-state index is -4.09. The zero-order valence-corrected chi connectivity index (χ0v) is 20.3. The molecule has 162 valence electrons. The number of hydrogen-bond donors (Lipinski definition) is 0. The summed E-state index contributed by atoms with van der Waals surface area (Å²) >= 11 is -2.72. The molecule has 9 heteroatoms. The van der Waals surface area contributed by atoms with Gasteiger partial charge in [0.15, 0.2) is 8.32 Å². The molecule has 0 aliphatic rings. The molecule has 0 N–H and O–H groups in total. The lowest BCUT2D eigenvalue weighted by atomic mass is 10.2. The van der Waals surface area contributed by atoms with Crippen LogP contribution in [0.4, 0.5) is 0 Å². The molecular weight excluding hydrogens is 438 g/mol. The van der Waals surface area contributed by atoms with E-state index in [0.29, 0.717) is 17.5 Å². The quantitative estimate of drug-likeness (QED) is 0.392. The second-order valence-electron chi connectivity index (χ2n) is 8.74. The first-order chi connectivity index (χ1) is 13.8. The van der Waals surface area contributed by atoms with E-state index in [2.05, 4.69) is 33.9 Å². The van der Waals surface area contributed by atoms with Gasteiger partial charge < -0.3 is 8.98 Å². The third-order valence-electron chi connectivity index (χ3n) is 5.65. The van der Waals surface area contributed by atoms with Crippen LogP contribution in [0.5, 0.6) is 0 Å². The van der Waals surface area contributed by atoms with Gasteiger partial charge in [0.2, 0.25) is 0 Å². The summed E-state index contributed by atoms with van der Waals surface area (Å²) in [7, 11) is -6.08. The predicted octanol–water partition coefficient (Wildman–Crippen LogP) is 4.64. The third-order valence-corrected chi connectivity index (χ3v) is 12.6. The summed E-state index contributed by atoms with van der Waals surface area (Å²) in [5.41, 5.74) is 1.10. The van der Waals surface area contributed by atoms with Gasteiger partial charge in [0.05, 0.1) is 17.0 Å². The van der Waals surface area contributed by atoms with Crippen molar-refractivity contribution in [2.45, 2.75) is 55.4 Å². The molecule has 0 saturated carbocycles. The second kappa shape index (κ2) is 8.05. The molecule has 3 aromatic rings. The molecule has 0 saturated heterocycles. The molecule has 6 nitrogen and oxygen atoms in total. The first kappa shape index (κ1) is 22.9. The Hall–Kier alpha value is -1.78. The predicted molar refractivity (Wildman–Crippen MR) is 120 cm³/mol. The molecule has 0 amide bonds. The van der Waals surface area contributed by atoms with Crippen molar-refractivity contribution in [1.29, 1.82) is 0 Å². The zero-order chi connectivity index (χ0) is 22.3. The SMILES string of the molecule is CC(C)(C)[Si](C)(C)OCc1ccc2cc(S(=O)[O-])n(S(=O)(=O)c3ccccc3)c2c1. The largest absolute Gasteiger partial charge is 0.767 e. The maximum atomic E-state index is 13.3. The Morgan fingerprint density at radius 1 is 1.07 bits per heavy atom. The average molecular weight is 465 g/mol. The summed E-state index contributed by atoms with van der Waals surface area (Å²) in [5, 5.41) is 0.279. The fraction of sp³-hybridized carbons (Fsp3) is 0.333. The van der Waals surface area contributed by atoms with Gasteiger partial charge in [-0.1, -0.05) is 51.1 Å². The van der Waals surface area contributed by atoms with E-state index in [1.165, 1.54) is 18.2 Å². The maximum Gasteiger partial charge on any atom is 0.269 e. The van der Waals surface area contributed by atoms with Crippen LogP contribution in [0.3, 0.4) is 0 Å². The van der Waals surface area contributed by atoms with Gasteiger partial charge in [-0.3, -0.25) is 4.21 Å². The van der Waals surface area contributed by atoms with Gasteiger partial charge in [0, 0.05) is 5.39 Å². The van der Waals surface area contributed by atoms with Gasteiger partial charge >= 0.3 is 0 Å². The molecule has 1 aromatic heterocycles. The summed E-state index contributed by atoms with van der Waals surface area (Å²) < 4.78 is 57.3. The van der Waals surface area contributed by atoms with Crippen molar-refractivity contribution in [3.05, 3.63) is 60.2 Å². The second-order valence-corrected chi connectivity index (χ2v) is 16.2. The van der Waals surface area contributed by atoms with Crippen molar-refractivity contribution in [1.82, 2.24) is 3.97 Å². The van der Waals surface area contributed by atoms with Gasteiger partial charge in [-0.25, -0.2) is 12.4 Å². The average Bonchev–Trinajstić information content (AvgIpc) is 3.06. The van der Waals surface area contributed by atoms with E-state index in [0.717, 1.165) is 9.54 Å². The van der Waals surface area contributed by atoms with E-state index in [1.54, 1.807) is 30.3 Å². The maximum absolute atomic E-state index is 13.3. The molecule has 0 spiro atoms. The molecule has 0 fully saturated rings.